The molecule has 0 atom stereocenters. The van der Waals surface area contributed by atoms with E-state index < -0.39 is 69.9 Å². The zero-order valence-electron chi connectivity index (χ0n) is 29.3. The van der Waals surface area contributed by atoms with Crippen LogP contribution in [0.25, 0.3) is 6.08 Å². The molecule has 0 radical (unpaired) electrons. The van der Waals surface area contributed by atoms with Crippen LogP contribution in [0.3, 0.4) is 0 Å². The van der Waals surface area contributed by atoms with E-state index in [0.29, 0.717) is 34.9 Å². The zero-order chi connectivity index (χ0) is 38.6. The number of benzene rings is 4. The number of hydrogen-bond acceptors (Lipinski definition) is 16. The van der Waals surface area contributed by atoms with Gasteiger partial charge in [0, 0.05) is 11.3 Å². The summed E-state index contributed by atoms with van der Waals surface area (Å²) in [5, 5.41) is 18.5. The second-order valence-corrected chi connectivity index (χ2v) is 14.0. The Balaban J connectivity index is 0.00000348. The number of amides is 1. The van der Waals surface area contributed by atoms with Gasteiger partial charge < -0.3 is 20.2 Å². The number of carbonyl (C=O) groups is 3. The summed E-state index contributed by atoms with van der Waals surface area (Å²) in [7, 11) is -10.7. The van der Waals surface area contributed by atoms with Crippen LogP contribution >= 0.6 is 0 Å². The molecule has 4 aromatic carbocycles. The van der Waals surface area contributed by atoms with Crippen molar-refractivity contribution in [3.05, 3.63) is 131 Å². The fourth-order valence-electron chi connectivity index (χ4n) is 4.99. The van der Waals surface area contributed by atoms with Crippen molar-refractivity contribution >= 4 is 89.3 Å². The van der Waals surface area contributed by atoms with Gasteiger partial charge in [0.15, 0.2) is 5.78 Å². The van der Waals surface area contributed by atoms with Gasteiger partial charge in [-0.3, -0.25) is 25.2 Å². The second kappa shape index (κ2) is 18.3. The van der Waals surface area contributed by atoms with Gasteiger partial charge in [-0.2, -0.15) is 15.3 Å². The minimum atomic E-state index is -5.36. The van der Waals surface area contributed by atoms with Crippen LogP contribution in [0, 0.1) is 0 Å². The van der Waals surface area contributed by atoms with Crippen LogP contribution in [0.1, 0.15) is 26.3 Å². The number of ketones is 2. The summed E-state index contributed by atoms with van der Waals surface area (Å²) in [5.41, 5.74) is 10.7. The van der Waals surface area contributed by atoms with E-state index in [-0.39, 0.29) is 76.1 Å². The maximum absolute atomic E-state index is 13.6. The summed E-state index contributed by atoms with van der Waals surface area (Å²) in [6.07, 6.45) is 6.61. The van der Waals surface area contributed by atoms with Gasteiger partial charge in [0.05, 0.1) is 43.8 Å². The van der Waals surface area contributed by atoms with Crippen molar-refractivity contribution in [2.24, 2.45) is 20.4 Å². The minimum Gasteiger partial charge on any atom is -0.744 e. The molecule has 1 amide bonds. The van der Waals surface area contributed by atoms with Crippen LogP contribution in [0.5, 0.6) is 0 Å². The Bertz CT molecular complexity index is 2610. The number of carbonyl (C=O) groups excluding carboxylic acids is 3. The normalized spacial score (nSPS) is 14.4. The van der Waals surface area contributed by atoms with Crippen LogP contribution in [0.2, 0.25) is 0 Å². The minimum absolute atomic E-state index is 0. The Morgan fingerprint density at radius 1 is 0.696 bits per heavy atom. The number of rotatable bonds is 10. The summed E-state index contributed by atoms with van der Waals surface area (Å²) in [4.78, 5) is 35.6. The third kappa shape index (κ3) is 10.5. The van der Waals surface area contributed by atoms with E-state index in [1.54, 1.807) is 66.7 Å². The van der Waals surface area contributed by atoms with Crippen molar-refractivity contribution in [3.8, 4) is 0 Å². The third-order valence-electron chi connectivity index (χ3n) is 7.59. The first-order chi connectivity index (χ1) is 25.7. The molecule has 2 aliphatic rings. The number of nitrogen functional groups attached to an aromatic ring is 1. The number of anilines is 4. The molecular weight excluding hydrogens is 787 g/mol. The van der Waals surface area contributed by atoms with Crippen LogP contribution in [-0.2, 0) is 25.0 Å². The average molecular weight is 811 g/mol. The number of nitrogens with two attached hydrogens (primary N) is 1. The summed E-state index contributed by atoms with van der Waals surface area (Å²) < 4.78 is 73.2. The molecule has 0 fully saturated rings. The van der Waals surface area contributed by atoms with Gasteiger partial charge in [0.1, 0.15) is 31.6 Å². The number of azo groups is 1. The number of Topliss-reactive ketones (excluding diaryl/α,β-unsaturated/α-hetero) is 1. The van der Waals surface area contributed by atoms with Crippen molar-refractivity contribution in [1.82, 2.24) is 0 Å². The maximum Gasteiger partial charge on any atom is 1.00 e. The molecule has 4 aromatic rings. The van der Waals surface area contributed by atoms with Crippen LogP contribution < -0.4 is 81.0 Å². The molecule has 2 aliphatic carbocycles. The maximum atomic E-state index is 13.6. The Morgan fingerprint density at radius 2 is 1.29 bits per heavy atom. The molecular formula is C35H24N8Na2O9S2. The number of allylic oxidation sites excluding steroid dienone is 5. The molecule has 0 unspecified atom stereocenters. The van der Waals surface area contributed by atoms with Gasteiger partial charge in [0.25, 0.3) is 5.91 Å². The van der Waals surface area contributed by atoms with Gasteiger partial charge in [-0.25, -0.2) is 16.8 Å². The molecule has 0 spiro atoms. The molecule has 0 aliphatic heterocycles. The SMILES string of the molecule is Nc1c(N=Nc2ccc(C(=O)Nc3ccc(NN=C4C=CC(=O)C=C4)cc3)cc2)c(S(=O)(=O)[O-])cc2c1C(=O)/C(=N/Nc1ccccc1)C(S(=O)(=O)[O-])=C2.[Na+].[Na+]. The summed E-state index contributed by atoms with van der Waals surface area (Å²) >= 11 is 0. The molecule has 21 heteroatoms. The predicted octanol–water partition coefficient (Wildman–Crippen LogP) is -1.14. The molecule has 6 rings (SSSR count). The number of nitrogens with zero attached hydrogens (tertiary/aromatic N) is 4. The first-order valence-corrected chi connectivity index (χ1v) is 18.2. The summed E-state index contributed by atoms with van der Waals surface area (Å²) in [6, 6.07) is 20.9. The van der Waals surface area contributed by atoms with Crippen molar-refractivity contribution in [1.29, 1.82) is 0 Å². The molecule has 0 heterocycles. The van der Waals surface area contributed by atoms with E-state index in [4.69, 9.17) is 5.73 Å². The quantitative estimate of drug-likeness (QED) is 0.0370. The standard InChI is InChI=1S/C35H26N8O9S2.2Na/c36-31-30-21(19-29(54(50,51)52)33(34(30)45)43-40-23-4-2-1-3-5-23)18-28(53(47,48)49)32(31)42-41-24-8-6-20(7-9-24)35(46)37-22-10-12-25(13-11-22)38-39-26-14-16-27(44)17-15-26;;/h1-19,38,40H,36H2,(H,37,46)(H,47,48,49)(H,50,51,52);;/q;2*+1/p-2/b42-41?,43-33+;;. The fourth-order valence-corrected chi connectivity index (χ4v) is 6.29. The van der Waals surface area contributed by atoms with Crippen LogP contribution in [0.15, 0.2) is 139 Å². The summed E-state index contributed by atoms with van der Waals surface area (Å²) in [5.74, 6) is -1.78. The number of para-hydroxylation sites is 1. The summed E-state index contributed by atoms with van der Waals surface area (Å²) in [6.45, 7) is 0. The third-order valence-corrected chi connectivity index (χ3v) is 9.29. The van der Waals surface area contributed by atoms with Gasteiger partial charge in [-0.15, -0.1) is 5.11 Å². The van der Waals surface area contributed by atoms with Gasteiger partial charge in [-0.05, 0) is 103 Å². The topological polar surface area (TPSA) is 277 Å². The molecule has 5 N–H and O–H groups in total. The van der Waals surface area contributed by atoms with Gasteiger partial charge >= 0.3 is 59.1 Å². The van der Waals surface area contributed by atoms with E-state index in [2.05, 4.69) is 36.6 Å². The predicted molar refractivity (Wildman–Crippen MR) is 198 cm³/mol. The Morgan fingerprint density at radius 3 is 1.89 bits per heavy atom. The van der Waals surface area contributed by atoms with E-state index >= 15 is 0 Å². The van der Waals surface area contributed by atoms with Crippen LogP contribution in [0.4, 0.5) is 34.1 Å². The second-order valence-electron chi connectivity index (χ2n) is 11.3. The Hall–Kier alpha value is -4.93. The number of fused-ring (bicyclic) bond motifs is 1. The number of hydrazone groups is 2. The molecule has 0 saturated heterocycles. The van der Waals surface area contributed by atoms with Crippen molar-refractivity contribution in [2.45, 2.75) is 4.90 Å². The monoisotopic (exact) mass is 810 g/mol. The van der Waals surface area contributed by atoms with E-state index in [1.807, 2.05) is 0 Å². The van der Waals surface area contributed by atoms with E-state index in [1.165, 1.54) is 36.4 Å². The van der Waals surface area contributed by atoms with Crippen LogP contribution in [-0.4, -0.2) is 54.8 Å². The van der Waals surface area contributed by atoms with Crippen molar-refractivity contribution < 1.29 is 99.4 Å². The number of hydrogen-bond donors (Lipinski definition) is 4. The Kier molecular flexibility index (Phi) is 14.3. The van der Waals surface area contributed by atoms with E-state index in [9.17, 15) is 40.3 Å². The molecule has 56 heavy (non-hydrogen) atoms. The molecule has 0 aromatic heterocycles. The average Bonchev–Trinajstić information content (AvgIpc) is 3.14. The molecule has 17 nitrogen and oxygen atoms in total. The molecule has 0 bridgehead atoms. The first kappa shape index (κ1) is 43.8. The van der Waals surface area contributed by atoms with Gasteiger partial charge in [0.2, 0.25) is 5.78 Å². The number of nitrogens with one attached hydrogen (secondary N) is 3. The van der Waals surface area contributed by atoms with Gasteiger partial charge in [-0.1, -0.05) is 18.2 Å². The zero-order valence-corrected chi connectivity index (χ0v) is 35.0. The Labute approximate surface area is 363 Å². The molecule has 0 saturated carbocycles. The smallest absolute Gasteiger partial charge is 0.744 e. The van der Waals surface area contributed by atoms with Crippen molar-refractivity contribution in [3.63, 3.8) is 0 Å². The first-order valence-electron chi connectivity index (χ1n) is 15.4. The van der Waals surface area contributed by atoms with Crippen molar-refractivity contribution in [2.75, 3.05) is 21.9 Å². The molecule has 272 valence electrons. The largest absolute Gasteiger partial charge is 1.00 e. The van der Waals surface area contributed by atoms with E-state index in [0.717, 1.165) is 0 Å². The fraction of sp³-hybridized carbons (Fsp3) is 0.